The van der Waals surface area contributed by atoms with Crippen molar-refractivity contribution in [2.45, 2.75) is 25.3 Å². The largest absolute Gasteiger partial charge is 0.354 e. The van der Waals surface area contributed by atoms with Gasteiger partial charge in [0.25, 0.3) is 0 Å². The molecular formula is C19H24ClN5O. The summed E-state index contributed by atoms with van der Waals surface area (Å²) in [4.78, 5) is 22.8. The molecule has 6 nitrogen and oxygen atoms in total. The highest BCUT2D eigenvalue weighted by Gasteiger charge is 2.24. The van der Waals surface area contributed by atoms with Gasteiger partial charge in [-0.15, -0.1) is 0 Å². The summed E-state index contributed by atoms with van der Waals surface area (Å²) in [5.74, 6) is 0.550. The molecule has 2 N–H and O–H groups in total. The maximum atomic E-state index is 12.2. The molecule has 0 spiro atoms. The molecule has 1 aliphatic heterocycles. The first-order chi connectivity index (χ1) is 12.7. The molecule has 7 heteroatoms. The van der Waals surface area contributed by atoms with Gasteiger partial charge in [0.1, 0.15) is 0 Å². The van der Waals surface area contributed by atoms with Crippen LogP contribution >= 0.6 is 11.6 Å². The lowest BCUT2D eigenvalue weighted by Crippen LogP contribution is -2.37. The van der Waals surface area contributed by atoms with E-state index in [0.29, 0.717) is 25.5 Å². The van der Waals surface area contributed by atoms with Crippen LogP contribution in [0.3, 0.4) is 0 Å². The molecule has 1 saturated heterocycles. The standard InChI is InChI=1S/C19H24ClN5O/c20-16-6-3-5-15(13-16)17(25-11-1-2-12-25)14-24-18(26)7-10-23-19-21-8-4-9-22-19/h3-6,8-9,13,17H,1-2,7,10-12,14H2,(H,24,26)(H,21,22,23)/t17-/m0/s1. The number of carbonyl (C=O) groups excluding carboxylic acids is 1. The van der Waals surface area contributed by atoms with Crippen molar-refractivity contribution in [2.24, 2.45) is 0 Å². The van der Waals surface area contributed by atoms with Gasteiger partial charge in [-0.3, -0.25) is 9.69 Å². The second kappa shape index (κ2) is 9.50. The summed E-state index contributed by atoms with van der Waals surface area (Å²) in [6.45, 7) is 3.20. The molecule has 0 unspecified atom stereocenters. The molecular weight excluding hydrogens is 350 g/mol. The second-order valence-electron chi connectivity index (χ2n) is 6.37. The van der Waals surface area contributed by atoms with E-state index in [1.165, 1.54) is 12.8 Å². The molecule has 1 aromatic heterocycles. The van der Waals surface area contributed by atoms with E-state index in [1.54, 1.807) is 18.5 Å². The van der Waals surface area contributed by atoms with Gasteiger partial charge in [-0.25, -0.2) is 9.97 Å². The van der Waals surface area contributed by atoms with Crippen molar-refractivity contribution in [1.29, 1.82) is 0 Å². The molecule has 2 aromatic rings. The maximum Gasteiger partial charge on any atom is 0.222 e. The van der Waals surface area contributed by atoms with Gasteiger partial charge in [-0.05, 0) is 49.7 Å². The Labute approximate surface area is 159 Å². The van der Waals surface area contributed by atoms with Gasteiger partial charge < -0.3 is 10.6 Å². The molecule has 0 radical (unpaired) electrons. The first kappa shape index (κ1) is 18.6. The summed E-state index contributed by atoms with van der Waals surface area (Å²) in [5, 5.41) is 6.83. The smallest absolute Gasteiger partial charge is 0.222 e. The highest BCUT2D eigenvalue weighted by Crippen LogP contribution is 2.26. The van der Waals surface area contributed by atoms with E-state index in [-0.39, 0.29) is 11.9 Å². The fraction of sp³-hybridized carbons (Fsp3) is 0.421. The zero-order chi connectivity index (χ0) is 18.2. The Kier molecular flexibility index (Phi) is 6.80. The first-order valence-electron chi connectivity index (χ1n) is 8.99. The van der Waals surface area contributed by atoms with Crippen LogP contribution in [0.5, 0.6) is 0 Å². The van der Waals surface area contributed by atoms with Crippen molar-refractivity contribution in [3.8, 4) is 0 Å². The summed E-state index contributed by atoms with van der Waals surface area (Å²) in [7, 11) is 0. The summed E-state index contributed by atoms with van der Waals surface area (Å²) in [6.07, 6.45) is 6.11. The molecule has 2 heterocycles. The number of amides is 1. The van der Waals surface area contributed by atoms with Crippen LogP contribution in [0.1, 0.15) is 30.9 Å². The molecule has 0 saturated carbocycles. The van der Waals surface area contributed by atoms with E-state index < -0.39 is 0 Å². The number of nitrogens with zero attached hydrogens (tertiary/aromatic N) is 3. The minimum absolute atomic E-state index is 0.0136. The van der Waals surface area contributed by atoms with Gasteiger partial charge in [-0.1, -0.05) is 23.7 Å². The molecule has 0 aliphatic carbocycles. The van der Waals surface area contributed by atoms with Crippen LogP contribution in [0.15, 0.2) is 42.7 Å². The predicted octanol–water partition coefficient (Wildman–Crippen LogP) is 2.89. The average molecular weight is 374 g/mol. The van der Waals surface area contributed by atoms with Crippen LogP contribution in [-0.2, 0) is 4.79 Å². The van der Waals surface area contributed by atoms with Crippen LogP contribution < -0.4 is 10.6 Å². The Morgan fingerprint density at radius 1 is 1.19 bits per heavy atom. The van der Waals surface area contributed by atoms with Crippen molar-refractivity contribution in [1.82, 2.24) is 20.2 Å². The average Bonchev–Trinajstić information content (AvgIpc) is 3.17. The summed E-state index contributed by atoms with van der Waals surface area (Å²) < 4.78 is 0. The summed E-state index contributed by atoms with van der Waals surface area (Å²) >= 11 is 6.16. The quantitative estimate of drug-likeness (QED) is 0.744. The van der Waals surface area contributed by atoms with Crippen LogP contribution in [0, 0.1) is 0 Å². The number of anilines is 1. The van der Waals surface area contributed by atoms with Gasteiger partial charge in [0.05, 0.1) is 6.04 Å². The number of likely N-dealkylation sites (tertiary alicyclic amines) is 1. The number of hydrogen-bond donors (Lipinski definition) is 2. The molecule has 1 aliphatic rings. The van der Waals surface area contributed by atoms with E-state index >= 15 is 0 Å². The lowest BCUT2D eigenvalue weighted by molar-refractivity contribution is -0.121. The number of halogens is 1. The van der Waals surface area contributed by atoms with Gasteiger partial charge in [0.15, 0.2) is 0 Å². The zero-order valence-electron chi connectivity index (χ0n) is 14.7. The molecule has 138 valence electrons. The fourth-order valence-electron chi connectivity index (χ4n) is 3.20. The molecule has 1 aromatic carbocycles. The van der Waals surface area contributed by atoms with Crippen LogP contribution in [-0.4, -0.2) is 47.0 Å². The van der Waals surface area contributed by atoms with Gasteiger partial charge in [0.2, 0.25) is 11.9 Å². The lowest BCUT2D eigenvalue weighted by atomic mass is 10.1. The predicted molar refractivity (Wildman–Crippen MR) is 103 cm³/mol. The number of carbonyl (C=O) groups is 1. The molecule has 3 rings (SSSR count). The maximum absolute atomic E-state index is 12.2. The number of benzene rings is 1. The number of aromatic nitrogens is 2. The number of hydrogen-bond acceptors (Lipinski definition) is 5. The van der Waals surface area contributed by atoms with E-state index in [0.717, 1.165) is 23.7 Å². The number of rotatable bonds is 8. The molecule has 1 fully saturated rings. The SMILES string of the molecule is O=C(CCNc1ncccn1)NC[C@@H](c1cccc(Cl)c1)N1CCCC1. The minimum Gasteiger partial charge on any atom is -0.354 e. The third-order valence-electron chi connectivity index (χ3n) is 4.51. The summed E-state index contributed by atoms with van der Waals surface area (Å²) in [6, 6.07) is 9.83. The Morgan fingerprint density at radius 3 is 2.69 bits per heavy atom. The van der Waals surface area contributed by atoms with Crippen LogP contribution in [0.2, 0.25) is 5.02 Å². The van der Waals surface area contributed by atoms with E-state index in [2.05, 4.69) is 31.6 Å². The van der Waals surface area contributed by atoms with Gasteiger partial charge in [0, 0.05) is 36.9 Å². The Balaban J connectivity index is 1.51. The summed E-state index contributed by atoms with van der Waals surface area (Å²) in [5.41, 5.74) is 1.15. The highest BCUT2D eigenvalue weighted by atomic mass is 35.5. The molecule has 0 bridgehead atoms. The Morgan fingerprint density at radius 2 is 1.96 bits per heavy atom. The van der Waals surface area contributed by atoms with Crippen molar-refractivity contribution in [2.75, 3.05) is 31.5 Å². The fourth-order valence-corrected chi connectivity index (χ4v) is 3.40. The third kappa shape index (κ3) is 5.41. The van der Waals surface area contributed by atoms with Gasteiger partial charge in [-0.2, -0.15) is 0 Å². The molecule has 1 amide bonds. The molecule has 26 heavy (non-hydrogen) atoms. The first-order valence-corrected chi connectivity index (χ1v) is 9.37. The second-order valence-corrected chi connectivity index (χ2v) is 6.80. The monoisotopic (exact) mass is 373 g/mol. The van der Waals surface area contributed by atoms with Crippen LogP contribution in [0.4, 0.5) is 5.95 Å². The van der Waals surface area contributed by atoms with E-state index in [9.17, 15) is 4.79 Å². The Hall–Kier alpha value is -2.18. The topological polar surface area (TPSA) is 70.1 Å². The number of nitrogens with one attached hydrogen (secondary N) is 2. The molecule has 1 atom stereocenters. The highest BCUT2D eigenvalue weighted by molar-refractivity contribution is 6.30. The van der Waals surface area contributed by atoms with Crippen molar-refractivity contribution in [3.05, 3.63) is 53.3 Å². The van der Waals surface area contributed by atoms with Crippen molar-refractivity contribution < 1.29 is 4.79 Å². The lowest BCUT2D eigenvalue weighted by Gasteiger charge is -2.28. The van der Waals surface area contributed by atoms with E-state index in [1.807, 2.05) is 18.2 Å². The van der Waals surface area contributed by atoms with Crippen molar-refractivity contribution in [3.63, 3.8) is 0 Å². The zero-order valence-corrected chi connectivity index (χ0v) is 15.5. The van der Waals surface area contributed by atoms with E-state index in [4.69, 9.17) is 11.6 Å². The van der Waals surface area contributed by atoms with Crippen molar-refractivity contribution >= 4 is 23.5 Å². The van der Waals surface area contributed by atoms with Crippen LogP contribution in [0.25, 0.3) is 0 Å². The normalized spacial score (nSPS) is 15.6. The third-order valence-corrected chi connectivity index (χ3v) is 4.74. The van der Waals surface area contributed by atoms with Gasteiger partial charge >= 0.3 is 0 Å². The minimum atomic E-state index is 0.0136. The Bertz CT molecular complexity index is 706.